The number of anilines is 1. The van der Waals surface area contributed by atoms with E-state index in [1.54, 1.807) is 6.08 Å². The number of carbonyl (C=O) groups excluding carboxylic acids is 2. The van der Waals surface area contributed by atoms with Crippen LogP contribution in [-0.4, -0.2) is 29.8 Å². The Morgan fingerprint density at radius 2 is 1.70 bits per heavy atom. The summed E-state index contributed by atoms with van der Waals surface area (Å²) in [5.74, 6) is 3.40. The van der Waals surface area contributed by atoms with Crippen molar-refractivity contribution in [3.8, 4) is 11.5 Å². The number of amides is 2. The Morgan fingerprint density at radius 1 is 0.946 bits per heavy atom. The highest BCUT2D eigenvalue weighted by atomic mass is 16.5. The Bertz CT molecular complexity index is 1230. The normalized spacial score (nSPS) is 36.4. The molecule has 0 radical (unpaired) electrons. The number of hydrogen-bond acceptors (Lipinski definition) is 3. The van der Waals surface area contributed by atoms with Gasteiger partial charge in [-0.1, -0.05) is 50.3 Å². The number of likely N-dealkylation sites (N-methyl/N-ethyl adjacent to an activating group) is 1. The van der Waals surface area contributed by atoms with Gasteiger partial charge in [-0.2, -0.15) is 0 Å². The van der Waals surface area contributed by atoms with Crippen LogP contribution in [0, 0.1) is 34.5 Å². The highest BCUT2D eigenvalue weighted by molar-refractivity contribution is 5.94. The van der Waals surface area contributed by atoms with Crippen LogP contribution in [0.5, 0.6) is 11.5 Å². The summed E-state index contributed by atoms with van der Waals surface area (Å²) in [6, 6.07) is 17.7. The second-order valence-electron chi connectivity index (χ2n) is 12.2. The smallest absolute Gasteiger partial charge is 0.246 e. The van der Waals surface area contributed by atoms with E-state index in [0.29, 0.717) is 23.5 Å². The van der Waals surface area contributed by atoms with Crippen molar-refractivity contribution >= 4 is 17.5 Å². The van der Waals surface area contributed by atoms with Gasteiger partial charge in [-0.05, 0) is 92.0 Å². The Kier molecular flexibility index (Phi) is 5.93. The van der Waals surface area contributed by atoms with E-state index in [1.165, 1.54) is 0 Å². The standard InChI is InChI=1S/C32H38N2O3/c1-31-19-17-24-22(13-16-28-32(24,2)20-18-29(35)34(28)3)23(31)14-15-25(31)30(36)33-26-11-7-8-12-27(26)37-21-9-5-4-6-10-21/h4-12,18,20,22-25,28H,13-17,19H2,1-3H3,(H,33,36)/t22-,23-,24-,25+,28+,31-,32+/m0/s1. The van der Waals surface area contributed by atoms with Crippen LogP contribution in [0.3, 0.4) is 0 Å². The van der Waals surface area contributed by atoms with Gasteiger partial charge in [0.15, 0.2) is 5.75 Å². The van der Waals surface area contributed by atoms with Gasteiger partial charge in [0.05, 0.1) is 5.69 Å². The summed E-state index contributed by atoms with van der Waals surface area (Å²) in [7, 11) is 1.97. The largest absolute Gasteiger partial charge is 0.455 e. The van der Waals surface area contributed by atoms with E-state index in [4.69, 9.17) is 4.74 Å². The second kappa shape index (κ2) is 9.04. The maximum atomic E-state index is 13.8. The molecule has 3 fully saturated rings. The van der Waals surface area contributed by atoms with E-state index in [0.717, 1.165) is 50.0 Å². The summed E-state index contributed by atoms with van der Waals surface area (Å²) in [6.45, 7) is 4.75. The number of carbonyl (C=O) groups is 2. The molecule has 6 rings (SSSR count). The Labute approximate surface area is 220 Å². The summed E-state index contributed by atoms with van der Waals surface area (Å²) >= 11 is 0. The third-order valence-corrected chi connectivity index (χ3v) is 10.6. The number of nitrogens with one attached hydrogen (secondary N) is 1. The molecular formula is C32H38N2O3. The van der Waals surface area contributed by atoms with Crippen LogP contribution < -0.4 is 10.1 Å². The molecule has 0 unspecified atom stereocenters. The molecule has 37 heavy (non-hydrogen) atoms. The van der Waals surface area contributed by atoms with Gasteiger partial charge in [0.25, 0.3) is 0 Å². The summed E-state index contributed by atoms with van der Waals surface area (Å²) in [4.78, 5) is 28.1. The Morgan fingerprint density at radius 3 is 2.51 bits per heavy atom. The topological polar surface area (TPSA) is 58.6 Å². The molecule has 5 nitrogen and oxygen atoms in total. The fourth-order valence-corrected chi connectivity index (χ4v) is 8.66. The van der Waals surface area contributed by atoms with E-state index in [-0.39, 0.29) is 34.6 Å². The molecule has 0 bridgehead atoms. The highest BCUT2D eigenvalue weighted by Crippen LogP contribution is 2.65. The van der Waals surface area contributed by atoms with Crippen molar-refractivity contribution in [2.24, 2.45) is 34.5 Å². The first-order valence-electron chi connectivity index (χ1n) is 13.9. The number of hydrogen-bond donors (Lipinski definition) is 1. The third kappa shape index (κ3) is 3.89. The summed E-state index contributed by atoms with van der Waals surface area (Å²) in [5, 5.41) is 3.25. The molecule has 2 aromatic rings. The van der Waals surface area contributed by atoms with Crippen molar-refractivity contribution in [2.75, 3.05) is 12.4 Å². The van der Waals surface area contributed by atoms with Gasteiger partial charge in [-0.3, -0.25) is 9.59 Å². The maximum absolute atomic E-state index is 13.8. The lowest BCUT2D eigenvalue weighted by Gasteiger charge is -2.60. The van der Waals surface area contributed by atoms with E-state index in [1.807, 2.05) is 66.5 Å². The summed E-state index contributed by atoms with van der Waals surface area (Å²) < 4.78 is 6.10. The molecule has 0 aromatic heterocycles. The predicted molar refractivity (Wildman–Crippen MR) is 145 cm³/mol. The van der Waals surface area contributed by atoms with Crippen molar-refractivity contribution in [1.29, 1.82) is 0 Å². The van der Waals surface area contributed by atoms with Crippen LogP contribution in [0.4, 0.5) is 5.69 Å². The summed E-state index contributed by atoms with van der Waals surface area (Å²) in [6.07, 6.45) is 10.5. The zero-order valence-corrected chi connectivity index (χ0v) is 22.2. The van der Waals surface area contributed by atoms with Crippen LogP contribution in [0.15, 0.2) is 66.7 Å². The molecular weight excluding hydrogens is 460 g/mol. The van der Waals surface area contributed by atoms with Crippen molar-refractivity contribution in [3.05, 3.63) is 66.7 Å². The van der Waals surface area contributed by atoms with Gasteiger partial charge >= 0.3 is 0 Å². The molecule has 5 heteroatoms. The first-order valence-corrected chi connectivity index (χ1v) is 13.9. The van der Waals surface area contributed by atoms with Crippen LogP contribution in [0.1, 0.15) is 52.4 Å². The van der Waals surface area contributed by atoms with Crippen LogP contribution in [0.25, 0.3) is 0 Å². The lowest BCUT2D eigenvalue weighted by Crippen LogP contribution is -2.59. The Hall–Kier alpha value is -3.08. The van der Waals surface area contributed by atoms with E-state index >= 15 is 0 Å². The lowest BCUT2D eigenvalue weighted by atomic mass is 9.47. The number of benzene rings is 2. The monoisotopic (exact) mass is 498 g/mol. The fraction of sp³-hybridized carbons (Fsp3) is 0.500. The van der Waals surface area contributed by atoms with Gasteiger partial charge in [0.1, 0.15) is 5.75 Å². The van der Waals surface area contributed by atoms with Gasteiger partial charge in [-0.15, -0.1) is 0 Å². The molecule has 7 atom stereocenters. The number of rotatable bonds is 4. The molecule has 194 valence electrons. The molecule has 0 spiro atoms. The molecule has 1 N–H and O–H groups in total. The van der Waals surface area contributed by atoms with Crippen LogP contribution in [0.2, 0.25) is 0 Å². The summed E-state index contributed by atoms with van der Waals surface area (Å²) in [5.41, 5.74) is 0.759. The van der Waals surface area contributed by atoms with Crippen LogP contribution in [-0.2, 0) is 9.59 Å². The number of para-hydroxylation sites is 3. The zero-order valence-electron chi connectivity index (χ0n) is 22.2. The molecule has 0 saturated heterocycles. The first-order chi connectivity index (χ1) is 17.8. The molecule has 2 aromatic carbocycles. The molecule has 2 amide bonds. The van der Waals surface area contributed by atoms with E-state index in [9.17, 15) is 9.59 Å². The average molecular weight is 499 g/mol. The fourth-order valence-electron chi connectivity index (χ4n) is 8.66. The molecule has 1 heterocycles. The van der Waals surface area contributed by atoms with Crippen molar-refractivity contribution in [2.45, 2.75) is 58.4 Å². The van der Waals surface area contributed by atoms with Gasteiger partial charge in [-0.25, -0.2) is 0 Å². The highest BCUT2D eigenvalue weighted by Gasteiger charge is 2.61. The number of fused-ring (bicyclic) bond motifs is 5. The van der Waals surface area contributed by atoms with Gasteiger partial charge in [0.2, 0.25) is 11.8 Å². The third-order valence-electron chi connectivity index (χ3n) is 10.6. The van der Waals surface area contributed by atoms with Crippen molar-refractivity contribution in [1.82, 2.24) is 4.90 Å². The molecule has 1 aliphatic heterocycles. The molecule has 4 aliphatic rings. The first kappa shape index (κ1) is 24.3. The van der Waals surface area contributed by atoms with Gasteiger partial charge < -0.3 is 15.0 Å². The minimum atomic E-state index is -0.0000830. The van der Waals surface area contributed by atoms with Gasteiger partial charge in [0, 0.05) is 24.4 Å². The van der Waals surface area contributed by atoms with Crippen molar-refractivity contribution < 1.29 is 14.3 Å². The number of nitrogens with zero attached hydrogens (tertiary/aromatic N) is 1. The quantitative estimate of drug-likeness (QED) is 0.512. The average Bonchev–Trinajstić information content (AvgIpc) is 3.26. The lowest BCUT2D eigenvalue weighted by molar-refractivity contribution is -0.141. The van der Waals surface area contributed by atoms with E-state index in [2.05, 4.69) is 25.2 Å². The second-order valence-corrected chi connectivity index (χ2v) is 12.2. The minimum absolute atomic E-state index is 0.0000830. The van der Waals surface area contributed by atoms with Crippen molar-refractivity contribution in [3.63, 3.8) is 0 Å². The minimum Gasteiger partial charge on any atom is -0.455 e. The SMILES string of the molecule is CN1C(=O)C=C[C@]2(C)[C@H]3CC[C@]4(C)[C@@H](C(=O)Nc5ccccc5Oc5ccccc5)CC[C@H]4[C@@H]3CC[C@@H]12. The molecule has 3 saturated carbocycles. The maximum Gasteiger partial charge on any atom is 0.246 e. The Balaban J connectivity index is 1.21. The zero-order chi connectivity index (χ0) is 25.8. The van der Waals surface area contributed by atoms with E-state index < -0.39 is 0 Å². The predicted octanol–water partition coefficient (Wildman–Crippen LogP) is 6.67. The number of ether oxygens (including phenoxy) is 1. The van der Waals surface area contributed by atoms with Crippen LogP contribution >= 0.6 is 0 Å². The molecule has 3 aliphatic carbocycles.